The van der Waals surface area contributed by atoms with Crippen LogP contribution in [-0.2, 0) is 23.1 Å². The second-order valence-corrected chi connectivity index (χ2v) is 12.1. The van der Waals surface area contributed by atoms with E-state index in [0.29, 0.717) is 10.7 Å². The van der Waals surface area contributed by atoms with Gasteiger partial charge < -0.3 is 15.2 Å². The third-order valence-electron chi connectivity index (χ3n) is 8.02. The molecule has 0 spiro atoms. The summed E-state index contributed by atoms with van der Waals surface area (Å²) in [6, 6.07) is 15.7. The van der Waals surface area contributed by atoms with E-state index in [1.54, 1.807) is 22.8 Å². The predicted octanol–water partition coefficient (Wildman–Crippen LogP) is 5.92. The Kier molecular flexibility index (Phi) is 8.10. The minimum absolute atomic E-state index is 0.0125. The van der Waals surface area contributed by atoms with E-state index in [1.807, 2.05) is 88.2 Å². The standard InChI is InChI=1S/C33H36ClN5O3/c1-20(2)39-19-24(9-13-29(39)40)23-8-12-27(34)25(16-23)17-28(37-32(42)33(4)14-15-33)31(41)36-26-10-6-22(7-11-26)30-21(3)18-35-38(30)5/h6-13,16,18-20,28H,14-15,17H2,1-5H3,(H,36,41)(H,37,42)/t28-/m0/s1. The minimum atomic E-state index is -0.841. The van der Waals surface area contributed by atoms with Gasteiger partial charge in [0.2, 0.25) is 11.8 Å². The highest BCUT2D eigenvalue weighted by Crippen LogP contribution is 2.45. The average Bonchev–Trinajstić information content (AvgIpc) is 3.63. The molecular weight excluding hydrogens is 550 g/mol. The van der Waals surface area contributed by atoms with E-state index in [1.165, 1.54) is 0 Å². The number of benzene rings is 2. The van der Waals surface area contributed by atoms with Crippen LogP contribution in [0.15, 0.2) is 71.8 Å². The van der Waals surface area contributed by atoms with E-state index in [0.717, 1.165) is 46.4 Å². The van der Waals surface area contributed by atoms with Crippen LogP contribution < -0.4 is 16.2 Å². The Hall–Kier alpha value is -4.17. The first-order valence-corrected chi connectivity index (χ1v) is 14.5. The number of hydrogen-bond donors (Lipinski definition) is 2. The van der Waals surface area contributed by atoms with Crippen molar-refractivity contribution < 1.29 is 9.59 Å². The molecule has 1 aliphatic carbocycles. The van der Waals surface area contributed by atoms with Gasteiger partial charge in [0.05, 0.1) is 11.9 Å². The number of halogens is 1. The number of carbonyl (C=O) groups is 2. The van der Waals surface area contributed by atoms with Gasteiger partial charge in [0.1, 0.15) is 6.04 Å². The summed E-state index contributed by atoms with van der Waals surface area (Å²) in [5, 5.41) is 10.8. The molecule has 2 aromatic heterocycles. The summed E-state index contributed by atoms with van der Waals surface area (Å²) in [5.74, 6) is -0.465. The SMILES string of the molecule is Cc1cnn(C)c1-c1ccc(NC(=O)[C@H](Cc2cc(-c3ccc(=O)n(C(C)C)c3)ccc2Cl)NC(=O)C2(C)CC2)cc1. The van der Waals surface area contributed by atoms with Crippen LogP contribution in [0.1, 0.15) is 50.8 Å². The van der Waals surface area contributed by atoms with Crippen LogP contribution in [0, 0.1) is 12.3 Å². The molecular formula is C33H36ClN5O3. The molecule has 0 aliphatic heterocycles. The third-order valence-corrected chi connectivity index (χ3v) is 8.38. The van der Waals surface area contributed by atoms with Gasteiger partial charge in [-0.25, -0.2) is 0 Å². The summed E-state index contributed by atoms with van der Waals surface area (Å²) in [4.78, 5) is 39.0. The summed E-state index contributed by atoms with van der Waals surface area (Å²) >= 11 is 6.62. The third kappa shape index (κ3) is 6.19. The Labute approximate surface area is 250 Å². The van der Waals surface area contributed by atoms with Crippen molar-refractivity contribution in [3.63, 3.8) is 0 Å². The first-order valence-electron chi connectivity index (χ1n) is 14.2. The number of aromatic nitrogens is 3. The van der Waals surface area contributed by atoms with E-state index in [9.17, 15) is 14.4 Å². The van der Waals surface area contributed by atoms with E-state index >= 15 is 0 Å². The monoisotopic (exact) mass is 585 g/mol. The van der Waals surface area contributed by atoms with Gasteiger partial charge in [0.25, 0.3) is 5.56 Å². The van der Waals surface area contributed by atoms with Gasteiger partial charge in [-0.05, 0) is 86.2 Å². The van der Waals surface area contributed by atoms with Crippen LogP contribution in [0.4, 0.5) is 5.69 Å². The second kappa shape index (κ2) is 11.6. The van der Waals surface area contributed by atoms with Gasteiger partial charge in [-0.2, -0.15) is 5.10 Å². The maximum absolute atomic E-state index is 13.6. The lowest BCUT2D eigenvalue weighted by molar-refractivity contribution is -0.129. The molecule has 1 atom stereocenters. The van der Waals surface area contributed by atoms with Crippen molar-refractivity contribution in [2.75, 3.05) is 5.32 Å². The topological polar surface area (TPSA) is 98.0 Å². The van der Waals surface area contributed by atoms with Crippen LogP contribution in [0.5, 0.6) is 0 Å². The first kappa shape index (κ1) is 29.3. The highest BCUT2D eigenvalue weighted by molar-refractivity contribution is 6.31. The maximum Gasteiger partial charge on any atom is 0.250 e. The Balaban J connectivity index is 1.40. The molecule has 2 heterocycles. The normalized spacial score (nSPS) is 14.5. The maximum atomic E-state index is 13.6. The quantitative estimate of drug-likeness (QED) is 0.255. The van der Waals surface area contributed by atoms with Gasteiger partial charge in [-0.3, -0.25) is 19.1 Å². The largest absolute Gasteiger partial charge is 0.343 e. The molecule has 2 N–H and O–H groups in total. The van der Waals surface area contributed by atoms with E-state index in [4.69, 9.17) is 11.6 Å². The van der Waals surface area contributed by atoms with Gasteiger partial charge in [-0.15, -0.1) is 0 Å². The van der Waals surface area contributed by atoms with Gasteiger partial charge in [-0.1, -0.05) is 36.7 Å². The van der Waals surface area contributed by atoms with Crippen molar-refractivity contribution in [3.8, 4) is 22.4 Å². The number of hydrogen-bond acceptors (Lipinski definition) is 4. The Bertz CT molecular complexity index is 1680. The first-order chi connectivity index (χ1) is 19.9. The van der Waals surface area contributed by atoms with Crippen LogP contribution in [0.25, 0.3) is 22.4 Å². The van der Waals surface area contributed by atoms with Crippen molar-refractivity contribution in [2.45, 2.75) is 59.0 Å². The average molecular weight is 586 g/mol. The molecule has 1 saturated carbocycles. The number of pyridine rings is 1. The van der Waals surface area contributed by atoms with Gasteiger partial charge in [0, 0.05) is 53.5 Å². The summed E-state index contributed by atoms with van der Waals surface area (Å²) in [6.45, 7) is 7.83. The Morgan fingerprint density at radius 3 is 2.31 bits per heavy atom. The summed E-state index contributed by atoms with van der Waals surface area (Å²) in [7, 11) is 1.90. The van der Waals surface area contributed by atoms with Gasteiger partial charge >= 0.3 is 0 Å². The Morgan fingerprint density at radius 2 is 1.69 bits per heavy atom. The second-order valence-electron chi connectivity index (χ2n) is 11.7. The number of carbonyl (C=O) groups excluding carboxylic acids is 2. The van der Waals surface area contributed by atoms with Crippen molar-refractivity contribution >= 4 is 29.1 Å². The zero-order valence-corrected chi connectivity index (χ0v) is 25.3. The predicted molar refractivity (Wildman–Crippen MR) is 167 cm³/mol. The van der Waals surface area contributed by atoms with Crippen LogP contribution in [0.2, 0.25) is 5.02 Å². The molecule has 42 heavy (non-hydrogen) atoms. The van der Waals surface area contributed by atoms with Crippen molar-refractivity contribution in [1.29, 1.82) is 0 Å². The number of aryl methyl sites for hydroxylation is 2. The van der Waals surface area contributed by atoms with Crippen LogP contribution in [0.3, 0.4) is 0 Å². The van der Waals surface area contributed by atoms with Crippen molar-refractivity contribution in [2.24, 2.45) is 12.5 Å². The minimum Gasteiger partial charge on any atom is -0.343 e. The zero-order valence-electron chi connectivity index (χ0n) is 24.6. The van der Waals surface area contributed by atoms with E-state index < -0.39 is 11.5 Å². The van der Waals surface area contributed by atoms with Crippen molar-refractivity contribution in [3.05, 3.63) is 93.5 Å². The number of rotatable bonds is 9. The van der Waals surface area contributed by atoms with Crippen LogP contribution >= 0.6 is 11.6 Å². The fourth-order valence-electron chi connectivity index (χ4n) is 5.07. The molecule has 8 nitrogen and oxygen atoms in total. The van der Waals surface area contributed by atoms with Gasteiger partial charge in [0.15, 0.2) is 0 Å². The fraction of sp³-hybridized carbons (Fsp3) is 0.333. The molecule has 0 bridgehead atoms. The molecule has 2 amide bonds. The molecule has 1 fully saturated rings. The van der Waals surface area contributed by atoms with E-state index in [-0.39, 0.29) is 29.8 Å². The smallest absolute Gasteiger partial charge is 0.250 e. The molecule has 0 saturated heterocycles. The molecule has 1 aliphatic rings. The lowest BCUT2D eigenvalue weighted by Gasteiger charge is -2.22. The molecule has 9 heteroatoms. The molecule has 0 unspecified atom stereocenters. The molecule has 5 rings (SSSR count). The highest BCUT2D eigenvalue weighted by Gasteiger charge is 2.46. The molecule has 2 aromatic carbocycles. The summed E-state index contributed by atoms with van der Waals surface area (Å²) in [6.07, 6.45) is 5.44. The number of amides is 2. The van der Waals surface area contributed by atoms with Crippen LogP contribution in [-0.4, -0.2) is 32.2 Å². The summed E-state index contributed by atoms with van der Waals surface area (Å²) in [5.41, 5.74) is 5.61. The zero-order chi connectivity index (χ0) is 30.2. The van der Waals surface area contributed by atoms with Crippen molar-refractivity contribution in [1.82, 2.24) is 19.7 Å². The lowest BCUT2D eigenvalue weighted by Crippen LogP contribution is -2.47. The Morgan fingerprint density at radius 1 is 1.02 bits per heavy atom. The lowest BCUT2D eigenvalue weighted by atomic mass is 9.98. The molecule has 218 valence electrons. The molecule has 4 aromatic rings. The number of nitrogens with zero attached hydrogens (tertiary/aromatic N) is 3. The highest BCUT2D eigenvalue weighted by atomic mass is 35.5. The number of anilines is 1. The number of nitrogens with one attached hydrogen (secondary N) is 2. The fourth-order valence-corrected chi connectivity index (χ4v) is 5.26. The molecule has 0 radical (unpaired) electrons. The summed E-state index contributed by atoms with van der Waals surface area (Å²) < 4.78 is 3.50. The van der Waals surface area contributed by atoms with E-state index in [2.05, 4.69) is 15.7 Å².